The molecule has 10 heterocycles. The minimum Gasteiger partial charge on any atom is -0.356 e. The summed E-state index contributed by atoms with van der Waals surface area (Å²) in [6.45, 7) is 0. The van der Waals surface area contributed by atoms with Gasteiger partial charge in [0.15, 0.2) is 0 Å². The summed E-state index contributed by atoms with van der Waals surface area (Å²) in [5.74, 6) is 10.8. The molecule has 16 N–H and O–H groups in total. The molecule has 410 valence electrons. The van der Waals surface area contributed by atoms with Gasteiger partial charge in [-0.05, 0) is 185 Å². The number of nitrogens with one attached hydrogen (secondary N) is 16. The van der Waals surface area contributed by atoms with Crippen molar-refractivity contribution < 1.29 is 0 Å². The van der Waals surface area contributed by atoms with Crippen molar-refractivity contribution in [1.82, 2.24) is 85.1 Å². The SMILES string of the molecule is C1CCC2C(=C3NC2NC2NC(NC4NC(NC5NC(N3)C3CCCCC53)C3CC5C6NC7NC(NC8NC(NC9NC(NC(N6)C5CC43)C3CCCCC93)C3CCCCC83)C3CCCCC73)C3CCCCC23)C1. The highest BCUT2D eigenvalue weighted by atomic mass is 15.4. The lowest BCUT2D eigenvalue weighted by molar-refractivity contribution is 0.0837. The quantitative estimate of drug-likeness (QED) is 0.169. The second-order valence-electron chi connectivity index (χ2n) is 28.7. The third-order valence-electron chi connectivity index (χ3n) is 25.6. The molecule has 16 heteroatoms. The van der Waals surface area contributed by atoms with Crippen LogP contribution in [0, 0.1) is 88.8 Å². The molecule has 7 aliphatic carbocycles. The van der Waals surface area contributed by atoms with Crippen LogP contribution in [0.3, 0.4) is 0 Å². The normalized spacial score (nSPS) is 58.2. The van der Waals surface area contributed by atoms with Crippen LogP contribution < -0.4 is 85.1 Å². The van der Waals surface area contributed by atoms with Crippen molar-refractivity contribution in [2.24, 2.45) is 88.8 Å². The van der Waals surface area contributed by atoms with E-state index in [4.69, 9.17) is 0 Å². The van der Waals surface area contributed by atoms with Crippen LogP contribution in [-0.2, 0) is 0 Å². The van der Waals surface area contributed by atoms with Gasteiger partial charge in [0.25, 0.3) is 0 Å². The van der Waals surface area contributed by atoms with Crippen molar-refractivity contribution in [3.63, 3.8) is 0 Å². The molecule has 17 rings (SSSR count). The van der Waals surface area contributed by atoms with Gasteiger partial charge in [0, 0.05) is 5.92 Å². The van der Waals surface area contributed by atoms with Gasteiger partial charge in [-0.2, -0.15) is 0 Å². The van der Waals surface area contributed by atoms with Crippen molar-refractivity contribution >= 4 is 0 Å². The maximum Gasteiger partial charge on any atom is 0.101 e. The summed E-state index contributed by atoms with van der Waals surface area (Å²) in [5, 5.41) is 70.4. The topological polar surface area (TPSA) is 192 Å². The van der Waals surface area contributed by atoms with Gasteiger partial charge in [0.2, 0.25) is 0 Å². The Morgan fingerprint density at radius 1 is 0.203 bits per heavy atom. The molecular weight excluding hydrogens is 921 g/mol. The minimum absolute atomic E-state index is 0.259. The van der Waals surface area contributed by atoms with Crippen LogP contribution >= 0.6 is 0 Å². The lowest BCUT2D eigenvalue weighted by Crippen LogP contribution is -2.62. The molecule has 74 heavy (non-hydrogen) atoms. The molecule has 16 fully saturated rings. The summed E-state index contributed by atoms with van der Waals surface area (Å²) < 4.78 is 0. The Hall–Kier alpha value is -1.22. The molecule has 30 unspecified atom stereocenters. The molecule has 0 radical (unpaired) electrons. The first-order valence-corrected chi connectivity index (χ1v) is 32.5. The van der Waals surface area contributed by atoms with Gasteiger partial charge in [-0.3, -0.25) is 74.4 Å². The number of rotatable bonds is 0. The molecule has 0 aromatic heterocycles. The van der Waals surface area contributed by atoms with E-state index < -0.39 is 0 Å². The predicted molar refractivity (Wildman–Crippen MR) is 286 cm³/mol. The van der Waals surface area contributed by atoms with E-state index >= 15 is 0 Å². The van der Waals surface area contributed by atoms with Gasteiger partial charge in [0.1, 0.15) is 5.82 Å². The largest absolute Gasteiger partial charge is 0.356 e. The second kappa shape index (κ2) is 19.2. The van der Waals surface area contributed by atoms with Crippen LogP contribution in [0.2, 0.25) is 0 Å². The van der Waals surface area contributed by atoms with E-state index in [0.29, 0.717) is 157 Å². The van der Waals surface area contributed by atoms with Crippen LogP contribution in [0.15, 0.2) is 11.4 Å². The Morgan fingerprint density at radius 2 is 0.419 bits per heavy atom. The van der Waals surface area contributed by atoms with Crippen LogP contribution in [0.4, 0.5) is 0 Å². The molecule has 0 spiro atoms. The predicted octanol–water partition coefficient (Wildman–Crippen LogP) is 3.14. The Balaban J connectivity index is 0.712. The summed E-state index contributed by atoms with van der Waals surface area (Å²) in [6.07, 6.45) is 39.4. The average Bonchev–Trinajstić information content (AvgIpc) is 4.35. The van der Waals surface area contributed by atoms with E-state index in [1.54, 1.807) is 5.57 Å². The van der Waals surface area contributed by atoms with Gasteiger partial charge < -0.3 is 10.6 Å². The highest BCUT2D eigenvalue weighted by Gasteiger charge is 2.60. The van der Waals surface area contributed by atoms with Crippen molar-refractivity contribution in [3.8, 4) is 0 Å². The van der Waals surface area contributed by atoms with Crippen LogP contribution in [0.25, 0.3) is 0 Å². The third kappa shape index (κ3) is 7.91. The van der Waals surface area contributed by atoms with Crippen LogP contribution in [0.1, 0.15) is 167 Å². The summed E-state index contributed by atoms with van der Waals surface area (Å²) in [4.78, 5) is 0. The first-order valence-electron chi connectivity index (χ1n) is 32.5. The highest BCUT2D eigenvalue weighted by Crippen LogP contribution is 2.52. The van der Waals surface area contributed by atoms with Gasteiger partial charge in [-0.15, -0.1) is 0 Å². The molecular formula is C58H98N16. The third-order valence-corrected chi connectivity index (χ3v) is 25.6. The molecule has 7 saturated carbocycles. The summed E-state index contributed by atoms with van der Waals surface area (Å²) >= 11 is 0. The molecule has 17 aliphatic rings. The van der Waals surface area contributed by atoms with E-state index in [1.165, 1.54) is 173 Å². The lowest BCUT2D eigenvalue weighted by atomic mass is 9.67. The fourth-order valence-corrected chi connectivity index (χ4v) is 22.3. The monoisotopic (exact) mass is 1020 g/mol. The molecule has 16 bridgehead atoms. The molecule has 16 nitrogen and oxygen atoms in total. The van der Waals surface area contributed by atoms with E-state index in [9.17, 15) is 0 Å². The Labute approximate surface area is 443 Å². The molecule has 9 saturated heterocycles. The number of hydrogen-bond acceptors (Lipinski definition) is 16. The fraction of sp³-hybridized carbons (Fsp3) is 0.966. The van der Waals surface area contributed by atoms with Crippen molar-refractivity contribution in [2.75, 3.05) is 0 Å². The Kier molecular flexibility index (Phi) is 12.4. The van der Waals surface area contributed by atoms with Gasteiger partial charge in [-0.1, -0.05) is 70.6 Å². The zero-order valence-corrected chi connectivity index (χ0v) is 44.7. The summed E-state index contributed by atoms with van der Waals surface area (Å²) in [5.41, 5.74) is 1.68. The first kappa shape index (κ1) is 47.6. The standard InChI is InChI=1S/C58H98N16/c1-2-14-28-27(13-1)43-59-44(28)62-48-32-18-6-10-22-36(32)52(66-48)70-56-40-26-42-41(25-39(40)55(73-56)69-51-35-21-9-5-17-31(35)47(61-43)65-51)57-71-53-37-23-11-7-19-33(37)49(67-53)63-45-29-15-3-4-16-30(29)46(60-45)64-50-34-20-8-12-24-38(34)54(68-50)72-58(42)74-57/h27-29,31-45,47-74H,1-26H2. The number of hydrogen-bond donors (Lipinski definition) is 16. The molecule has 10 aliphatic heterocycles. The van der Waals surface area contributed by atoms with Crippen molar-refractivity contribution in [3.05, 3.63) is 11.4 Å². The summed E-state index contributed by atoms with van der Waals surface area (Å²) in [7, 11) is 0. The zero-order valence-electron chi connectivity index (χ0n) is 44.7. The molecule has 0 aromatic rings. The van der Waals surface area contributed by atoms with Crippen molar-refractivity contribution in [1.29, 1.82) is 0 Å². The van der Waals surface area contributed by atoms with E-state index in [-0.39, 0.29) is 24.7 Å². The number of fused-ring (bicyclic) bond motifs is 39. The van der Waals surface area contributed by atoms with Gasteiger partial charge >= 0.3 is 0 Å². The van der Waals surface area contributed by atoms with Crippen LogP contribution in [-0.4, -0.2) is 92.5 Å². The summed E-state index contributed by atoms with van der Waals surface area (Å²) in [6, 6.07) is 0. The van der Waals surface area contributed by atoms with Crippen LogP contribution in [0.5, 0.6) is 0 Å². The van der Waals surface area contributed by atoms with Gasteiger partial charge in [0.05, 0.1) is 92.5 Å². The Morgan fingerprint density at radius 3 is 0.716 bits per heavy atom. The maximum absolute atomic E-state index is 4.53. The van der Waals surface area contributed by atoms with E-state index in [1.807, 2.05) is 0 Å². The van der Waals surface area contributed by atoms with E-state index in [2.05, 4.69) is 85.1 Å². The fourth-order valence-electron chi connectivity index (χ4n) is 22.3. The van der Waals surface area contributed by atoms with E-state index in [0.717, 1.165) is 0 Å². The molecule has 30 atom stereocenters. The maximum atomic E-state index is 4.53. The smallest absolute Gasteiger partial charge is 0.101 e. The highest BCUT2D eigenvalue weighted by molar-refractivity contribution is 5.27. The molecule has 0 aromatic carbocycles. The second-order valence-corrected chi connectivity index (χ2v) is 28.7. The average molecular weight is 1020 g/mol. The zero-order chi connectivity index (χ0) is 48.2. The van der Waals surface area contributed by atoms with Gasteiger partial charge in [-0.25, -0.2) is 0 Å². The Bertz CT molecular complexity index is 2100. The lowest BCUT2D eigenvalue weighted by Gasteiger charge is -2.42. The molecule has 0 amide bonds. The first-order chi connectivity index (χ1) is 36.6. The van der Waals surface area contributed by atoms with Crippen molar-refractivity contribution in [2.45, 2.75) is 259 Å². The minimum atomic E-state index is 0.259.